The van der Waals surface area contributed by atoms with Gasteiger partial charge in [0.2, 0.25) is 0 Å². The molecule has 1 fully saturated rings. The van der Waals surface area contributed by atoms with Gasteiger partial charge >= 0.3 is 5.97 Å². The number of carboxylic acids is 1. The van der Waals surface area contributed by atoms with E-state index in [1.165, 1.54) is 18.9 Å². The van der Waals surface area contributed by atoms with Crippen LogP contribution in [0.25, 0.3) is 0 Å². The number of benzene rings is 1. The molecule has 1 aromatic rings. The third-order valence-electron chi connectivity index (χ3n) is 3.10. The summed E-state index contributed by atoms with van der Waals surface area (Å²) in [4.78, 5) is 12.9. The van der Waals surface area contributed by atoms with Crippen molar-refractivity contribution in [1.29, 1.82) is 0 Å². The highest BCUT2D eigenvalue weighted by Gasteiger charge is 2.13. The molecule has 0 atom stereocenters. The molecule has 0 aliphatic carbocycles. The molecule has 1 aliphatic heterocycles. The van der Waals surface area contributed by atoms with Crippen LogP contribution in [-0.4, -0.2) is 24.2 Å². The molecule has 0 aromatic heterocycles. The quantitative estimate of drug-likeness (QED) is 0.859. The van der Waals surface area contributed by atoms with Crippen molar-refractivity contribution in [1.82, 2.24) is 0 Å². The minimum atomic E-state index is -1.08. The molecule has 2 rings (SSSR count). The lowest BCUT2D eigenvalue weighted by molar-refractivity contribution is 0.0696. The molecular weight excluding hydrogens is 221 g/mol. The zero-order valence-corrected chi connectivity index (χ0v) is 9.66. The molecule has 0 saturated carbocycles. The first-order valence-corrected chi connectivity index (χ1v) is 5.95. The van der Waals surface area contributed by atoms with Crippen LogP contribution in [0.3, 0.4) is 0 Å². The van der Waals surface area contributed by atoms with Crippen LogP contribution in [0.1, 0.15) is 36.0 Å². The first-order valence-electron chi connectivity index (χ1n) is 5.95. The fourth-order valence-electron chi connectivity index (χ4n) is 2.21. The fraction of sp³-hybridized carbons (Fsp3) is 0.462. The second kappa shape index (κ2) is 5.17. The van der Waals surface area contributed by atoms with Gasteiger partial charge in [-0.05, 0) is 31.0 Å². The van der Waals surface area contributed by atoms with E-state index >= 15 is 0 Å². The lowest BCUT2D eigenvalue weighted by atomic mass is 10.1. The molecular formula is C13H16FNO2. The Labute approximate surface area is 99.9 Å². The summed E-state index contributed by atoms with van der Waals surface area (Å²) in [6.07, 6.45) is 4.55. The molecule has 0 amide bonds. The van der Waals surface area contributed by atoms with Gasteiger partial charge in [-0.3, -0.25) is 0 Å². The van der Waals surface area contributed by atoms with Crippen molar-refractivity contribution in [3.05, 3.63) is 29.6 Å². The van der Waals surface area contributed by atoms with E-state index in [1.54, 1.807) is 6.07 Å². The second-order valence-electron chi connectivity index (χ2n) is 4.40. The van der Waals surface area contributed by atoms with E-state index in [0.29, 0.717) is 5.69 Å². The number of carboxylic acid groups (broad SMARTS) is 1. The zero-order chi connectivity index (χ0) is 12.3. The second-order valence-corrected chi connectivity index (χ2v) is 4.40. The highest BCUT2D eigenvalue weighted by Crippen LogP contribution is 2.22. The third kappa shape index (κ3) is 2.96. The number of aromatic carboxylic acids is 1. The van der Waals surface area contributed by atoms with Crippen LogP contribution >= 0.6 is 0 Å². The smallest absolute Gasteiger partial charge is 0.335 e. The van der Waals surface area contributed by atoms with Gasteiger partial charge in [-0.15, -0.1) is 0 Å². The minimum absolute atomic E-state index is 0.0178. The van der Waals surface area contributed by atoms with Crippen molar-refractivity contribution in [3.8, 4) is 0 Å². The fourth-order valence-corrected chi connectivity index (χ4v) is 2.21. The number of hydrogen-bond acceptors (Lipinski definition) is 2. The zero-order valence-electron chi connectivity index (χ0n) is 9.66. The monoisotopic (exact) mass is 237 g/mol. The average Bonchev–Trinajstić information content (AvgIpc) is 2.56. The predicted octanol–water partition coefficient (Wildman–Crippen LogP) is 2.90. The molecule has 1 aliphatic rings. The van der Waals surface area contributed by atoms with Gasteiger partial charge in [-0.2, -0.15) is 0 Å². The van der Waals surface area contributed by atoms with Gasteiger partial charge in [0.1, 0.15) is 5.82 Å². The largest absolute Gasteiger partial charge is 0.478 e. The molecule has 0 unspecified atom stereocenters. The number of halogens is 1. The summed E-state index contributed by atoms with van der Waals surface area (Å²) in [5, 5.41) is 8.90. The number of carbonyl (C=O) groups is 1. The Morgan fingerprint density at radius 2 is 1.76 bits per heavy atom. The van der Waals surface area contributed by atoms with Gasteiger partial charge in [0.05, 0.1) is 5.56 Å². The maximum Gasteiger partial charge on any atom is 0.335 e. The van der Waals surface area contributed by atoms with Crippen LogP contribution in [0, 0.1) is 5.82 Å². The van der Waals surface area contributed by atoms with Crippen molar-refractivity contribution in [2.75, 3.05) is 18.0 Å². The van der Waals surface area contributed by atoms with Gasteiger partial charge in [0, 0.05) is 18.8 Å². The minimum Gasteiger partial charge on any atom is -0.478 e. The Bertz CT molecular complexity index is 412. The molecule has 3 nitrogen and oxygen atoms in total. The Kier molecular flexibility index (Phi) is 3.61. The highest BCUT2D eigenvalue weighted by molar-refractivity contribution is 5.88. The first-order chi connectivity index (χ1) is 8.16. The summed E-state index contributed by atoms with van der Waals surface area (Å²) in [7, 11) is 0. The Balaban J connectivity index is 2.27. The van der Waals surface area contributed by atoms with Crippen molar-refractivity contribution in [2.24, 2.45) is 0 Å². The van der Waals surface area contributed by atoms with E-state index in [0.717, 1.165) is 32.0 Å². The molecule has 0 spiro atoms. The van der Waals surface area contributed by atoms with Crippen molar-refractivity contribution >= 4 is 11.7 Å². The standard InChI is InChI=1S/C13H16FNO2/c14-11-7-10(13(16)17)8-12(9-11)15-5-3-1-2-4-6-15/h7-9H,1-6H2,(H,16,17). The van der Waals surface area contributed by atoms with Crippen molar-refractivity contribution in [2.45, 2.75) is 25.7 Å². The first kappa shape index (κ1) is 11.9. The molecule has 0 radical (unpaired) electrons. The summed E-state index contributed by atoms with van der Waals surface area (Å²) in [6, 6.07) is 4.03. The van der Waals surface area contributed by atoms with Gasteiger partial charge < -0.3 is 10.0 Å². The number of nitrogens with zero attached hydrogens (tertiary/aromatic N) is 1. The summed E-state index contributed by atoms with van der Waals surface area (Å²) in [5.41, 5.74) is 0.702. The maximum atomic E-state index is 13.4. The third-order valence-corrected chi connectivity index (χ3v) is 3.10. The Morgan fingerprint density at radius 3 is 2.35 bits per heavy atom. The molecule has 1 N–H and O–H groups in total. The SMILES string of the molecule is O=C(O)c1cc(F)cc(N2CCCCCC2)c1. The van der Waals surface area contributed by atoms with Crippen molar-refractivity contribution in [3.63, 3.8) is 0 Å². The molecule has 4 heteroatoms. The van der Waals surface area contributed by atoms with Gasteiger partial charge in [0.25, 0.3) is 0 Å². The highest BCUT2D eigenvalue weighted by atomic mass is 19.1. The summed E-state index contributed by atoms with van der Waals surface area (Å²) >= 11 is 0. The van der Waals surface area contributed by atoms with E-state index in [1.807, 2.05) is 0 Å². The van der Waals surface area contributed by atoms with E-state index < -0.39 is 11.8 Å². The van der Waals surface area contributed by atoms with Crippen LogP contribution < -0.4 is 4.90 Å². The number of anilines is 1. The van der Waals surface area contributed by atoms with Crippen LogP contribution in [0.4, 0.5) is 10.1 Å². The van der Waals surface area contributed by atoms with Crippen LogP contribution in [0.2, 0.25) is 0 Å². The molecule has 92 valence electrons. The molecule has 0 bridgehead atoms. The Morgan fingerprint density at radius 1 is 1.12 bits per heavy atom. The number of rotatable bonds is 2. The van der Waals surface area contributed by atoms with E-state index in [-0.39, 0.29) is 5.56 Å². The predicted molar refractivity (Wildman–Crippen MR) is 64.0 cm³/mol. The molecule has 1 aromatic carbocycles. The van der Waals surface area contributed by atoms with Crippen LogP contribution in [0.15, 0.2) is 18.2 Å². The normalized spacial score (nSPS) is 16.6. The van der Waals surface area contributed by atoms with Crippen LogP contribution in [0.5, 0.6) is 0 Å². The van der Waals surface area contributed by atoms with Gasteiger partial charge in [-0.1, -0.05) is 12.8 Å². The lowest BCUT2D eigenvalue weighted by Gasteiger charge is -2.23. The lowest BCUT2D eigenvalue weighted by Crippen LogP contribution is -2.24. The topological polar surface area (TPSA) is 40.5 Å². The van der Waals surface area contributed by atoms with Crippen molar-refractivity contribution < 1.29 is 14.3 Å². The average molecular weight is 237 g/mol. The van der Waals surface area contributed by atoms with Gasteiger partial charge in [0.15, 0.2) is 0 Å². The number of hydrogen-bond donors (Lipinski definition) is 1. The van der Waals surface area contributed by atoms with E-state index in [4.69, 9.17) is 5.11 Å². The molecule has 1 saturated heterocycles. The summed E-state index contributed by atoms with van der Waals surface area (Å²) < 4.78 is 13.4. The Hall–Kier alpha value is -1.58. The van der Waals surface area contributed by atoms with Gasteiger partial charge in [-0.25, -0.2) is 9.18 Å². The summed E-state index contributed by atoms with van der Waals surface area (Å²) in [5.74, 6) is -1.57. The van der Waals surface area contributed by atoms with Crippen LogP contribution in [-0.2, 0) is 0 Å². The van der Waals surface area contributed by atoms with E-state index in [9.17, 15) is 9.18 Å². The maximum absolute atomic E-state index is 13.4. The molecule has 1 heterocycles. The molecule has 17 heavy (non-hydrogen) atoms. The summed E-state index contributed by atoms with van der Waals surface area (Å²) in [6.45, 7) is 1.75. The van der Waals surface area contributed by atoms with E-state index in [2.05, 4.69) is 4.90 Å².